The number of aryl methyl sites for hydroxylation is 1. The Morgan fingerprint density at radius 1 is 1.47 bits per heavy atom. The summed E-state index contributed by atoms with van der Waals surface area (Å²) >= 11 is 7.30. The van der Waals surface area contributed by atoms with Crippen molar-refractivity contribution in [2.75, 3.05) is 5.32 Å². The second kappa shape index (κ2) is 5.47. The Hall–Kier alpha value is -1.13. The Balaban J connectivity index is 2.02. The number of anilines is 1. The fraction of sp³-hybridized carbons (Fsp3) is 0.250. The van der Waals surface area contributed by atoms with Gasteiger partial charge in [-0.2, -0.15) is 0 Å². The number of thiazole rings is 1. The smallest absolute Gasteiger partial charge is 0.147 e. The molecule has 1 heterocycles. The van der Waals surface area contributed by atoms with Crippen molar-refractivity contribution in [1.82, 2.24) is 4.98 Å². The monoisotopic (exact) mass is 270 g/mol. The van der Waals surface area contributed by atoms with Crippen molar-refractivity contribution in [3.8, 4) is 0 Å². The van der Waals surface area contributed by atoms with E-state index >= 15 is 0 Å². The van der Waals surface area contributed by atoms with Crippen molar-refractivity contribution in [1.29, 1.82) is 0 Å². The van der Waals surface area contributed by atoms with Gasteiger partial charge in [-0.3, -0.25) is 0 Å². The Morgan fingerprint density at radius 2 is 2.29 bits per heavy atom. The maximum Gasteiger partial charge on any atom is 0.147 e. The highest BCUT2D eigenvalue weighted by Crippen LogP contribution is 2.20. The van der Waals surface area contributed by atoms with Gasteiger partial charge in [-0.05, 0) is 24.6 Å². The zero-order chi connectivity index (χ0) is 12.3. The first kappa shape index (κ1) is 12.3. The van der Waals surface area contributed by atoms with Crippen LogP contribution in [0.4, 0.5) is 10.1 Å². The molecule has 1 aromatic heterocycles. The molecule has 0 fully saturated rings. The van der Waals surface area contributed by atoms with E-state index in [9.17, 15) is 4.39 Å². The first-order chi connectivity index (χ1) is 8.19. The fourth-order valence-electron chi connectivity index (χ4n) is 1.41. The van der Waals surface area contributed by atoms with Gasteiger partial charge in [0.15, 0.2) is 0 Å². The Labute approximate surface area is 108 Å². The second-order valence-corrected chi connectivity index (χ2v) is 4.94. The van der Waals surface area contributed by atoms with Crippen molar-refractivity contribution in [3.05, 3.63) is 45.1 Å². The van der Waals surface area contributed by atoms with Gasteiger partial charge in [-0.15, -0.1) is 11.3 Å². The van der Waals surface area contributed by atoms with E-state index in [1.54, 1.807) is 23.5 Å². The first-order valence-corrected chi connectivity index (χ1v) is 6.57. The number of aromatic nitrogens is 1. The van der Waals surface area contributed by atoms with Gasteiger partial charge in [0.1, 0.15) is 5.82 Å². The molecule has 0 radical (unpaired) electrons. The Bertz CT molecular complexity index is 513. The van der Waals surface area contributed by atoms with Crippen LogP contribution >= 0.6 is 22.9 Å². The van der Waals surface area contributed by atoms with Crippen LogP contribution in [0, 0.1) is 5.82 Å². The number of benzene rings is 1. The van der Waals surface area contributed by atoms with Crippen LogP contribution in [0.1, 0.15) is 17.6 Å². The summed E-state index contributed by atoms with van der Waals surface area (Å²) in [6.07, 6.45) is 0.931. The van der Waals surface area contributed by atoms with Crippen LogP contribution < -0.4 is 5.32 Å². The molecule has 17 heavy (non-hydrogen) atoms. The van der Waals surface area contributed by atoms with Gasteiger partial charge in [-0.1, -0.05) is 18.5 Å². The molecule has 0 unspecified atom stereocenters. The topological polar surface area (TPSA) is 24.9 Å². The Kier molecular flexibility index (Phi) is 3.97. The molecular weight excluding hydrogens is 259 g/mol. The maximum absolute atomic E-state index is 13.5. The lowest BCUT2D eigenvalue weighted by Gasteiger charge is -2.05. The molecule has 2 rings (SSSR count). The van der Waals surface area contributed by atoms with E-state index in [0.29, 0.717) is 17.3 Å². The molecule has 5 heteroatoms. The third-order valence-electron chi connectivity index (χ3n) is 2.29. The predicted molar refractivity (Wildman–Crippen MR) is 70.2 cm³/mol. The SMILES string of the molecule is CCc1nc(CNc2ccc(Cl)cc2F)cs1. The highest BCUT2D eigenvalue weighted by molar-refractivity contribution is 7.09. The lowest BCUT2D eigenvalue weighted by molar-refractivity contribution is 0.630. The minimum Gasteiger partial charge on any atom is -0.377 e. The van der Waals surface area contributed by atoms with Crippen LogP contribution in [0.15, 0.2) is 23.6 Å². The lowest BCUT2D eigenvalue weighted by atomic mass is 10.3. The molecule has 1 N–H and O–H groups in total. The largest absolute Gasteiger partial charge is 0.377 e. The normalized spacial score (nSPS) is 10.5. The molecule has 0 spiro atoms. The molecule has 0 amide bonds. The van der Waals surface area contributed by atoms with Crippen molar-refractivity contribution < 1.29 is 4.39 Å². The molecule has 2 nitrogen and oxygen atoms in total. The first-order valence-electron chi connectivity index (χ1n) is 5.31. The van der Waals surface area contributed by atoms with E-state index in [0.717, 1.165) is 17.1 Å². The third kappa shape index (κ3) is 3.17. The van der Waals surface area contributed by atoms with Crippen molar-refractivity contribution in [3.63, 3.8) is 0 Å². The van der Waals surface area contributed by atoms with Crippen LogP contribution in [0.25, 0.3) is 0 Å². The van der Waals surface area contributed by atoms with E-state index in [4.69, 9.17) is 11.6 Å². The maximum atomic E-state index is 13.5. The molecule has 90 valence electrons. The zero-order valence-corrected chi connectivity index (χ0v) is 10.9. The average molecular weight is 271 g/mol. The van der Waals surface area contributed by atoms with Gasteiger partial charge in [0.05, 0.1) is 22.9 Å². The summed E-state index contributed by atoms with van der Waals surface area (Å²) in [5.74, 6) is -0.344. The van der Waals surface area contributed by atoms with Gasteiger partial charge in [0.25, 0.3) is 0 Å². The summed E-state index contributed by atoms with van der Waals surface area (Å²) in [6.45, 7) is 2.59. The Morgan fingerprint density at radius 3 is 2.94 bits per heavy atom. The number of hydrogen-bond donors (Lipinski definition) is 1. The van der Waals surface area contributed by atoms with Crippen LogP contribution in [0.2, 0.25) is 5.02 Å². The molecule has 0 aliphatic carbocycles. The summed E-state index contributed by atoms with van der Waals surface area (Å²) < 4.78 is 13.5. The lowest BCUT2D eigenvalue weighted by Crippen LogP contribution is -2.01. The molecule has 0 aliphatic heterocycles. The van der Waals surface area contributed by atoms with Crippen LogP contribution in [-0.2, 0) is 13.0 Å². The van der Waals surface area contributed by atoms with Gasteiger partial charge < -0.3 is 5.32 Å². The van der Waals surface area contributed by atoms with Crippen molar-refractivity contribution >= 4 is 28.6 Å². The summed E-state index contributed by atoms with van der Waals surface area (Å²) in [7, 11) is 0. The minimum absolute atomic E-state index is 0.344. The summed E-state index contributed by atoms with van der Waals surface area (Å²) in [5.41, 5.74) is 1.38. The van der Waals surface area contributed by atoms with Crippen LogP contribution in [-0.4, -0.2) is 4.98 Å². The molecule has 0 saturated heterocycles. The molecular formula is C12H12ClFN2S. The van der Waals surface area contributed by atoms with Crippen LogP contribution in [0.3, 0.4) is 0 Å². The van der Waals surface area contributed by atoms with Crippen molar-refractivity contribution in [2.45, 2.75) is 19.9 Å². The highest BCUT2D eigenvalue weighted by Gasteiger charge is 2.04. The second-order valence-electron chi connectivity index (χ2n) is 3.56. The molecule has 2 aromatic rings. The number of rotatable bonds is 4. The van der Waals surface area contributed by atoms with Crippen LogP contribution in [0.5, 0.6) is 0 Å². The number of nitrogens with one attached hydrogen (secondary N) is 1. The standard InChI is InChI=1S/C12H12ClFN2S/c1-2-12-16-9(7-17-12)6-15-11-4-3-8(13)5-10(11)14/h3-5,7,15H,2,6H2,1H3. The quantitative estimate of drug-likeness (QED) is 0.904. The number of hydrogen-bond acceptors (Lipinski definition) is 3. The number of nitrogens with zero attached hydrogens (tertiary/aromatic N) is 1. The molecule has 0 bridgehead atoms. The van der Waals surface area contributed by atoms with E-state index in [-0.39, 0.29) is 5.82 Å². The molecule has 0 saturated carbocycles. The third-order valence-corrected chi connectivity index (χ3v) is 3.57. The zero-order valence-electron chi connectivity index (χ0n) is 9.34. The van der Waals surface area contributed by atoms with Gasteiger partial charge >= 0.3 is 0 Å². The molecule has 0 atom stereocenters. The fourth-order valence-corrected chi connectivity index (χ4v) is 2.31. The molecule has 1 aromatic carbocycles. The van der Waals surface area contributed by atoms with Gasteiger partial charge in [0.2, 0.25) is 0 Å². The van der Waals surface area contributed by atoms with E-state index < -0.39 is 0 Å². The van der Waals surface area contributed by atoms with E-state index in [1.807, 2.05) is 5.38 Å². The van der Waals surface area contributed by atoms with Gasteiger partial charge in [-0.25, -0.2) is 9.37 Å². The average Bonchev–Trinajstić information content (AvgIpc) is 2.76. The molecule has 0 aliphatic rings. The predicted octanol–water partition coefficient (Wildman–Crippen LogP) is 4.11. The summed E-state index contributed by atoms with van der Waals surface area (Å²) in [4.78, 5) is 4.40. The minimum atomic E-state index is -0.344. The number of halogens is 2. The highest BCUT2D eigenvalue weighted by atomic mass is 35.5. The van der Waals surface area contributed by atoms with E-state index in [1.165, 1.54) is 6.07 Å². The van der Waals surface area contributed by atoms with E-state index in [2.05, 4.69) is 17.2 Å². The van der Waals surface area contributed by atoms with Crippen molar-refractivity contribution in [2.24, 2.45) is 0 Å². The van der Waals surface area contributed by atoms with Gasteiger partial charge in [0, 0.05) is 10.4 Å². The summed E-state index contributed by atoms with van der Waals surface area (Å²) in [5, 5.41) is 6.48. The summed E-state index contributed by atoms with van der Waals surface area (Å²) in [6, 6.07) is 4.58.